The van der Waals surface area contributed by atoms with Crippen LogP contribution in [0, 0.1) is 5.92 Å². The van der Waals surface area contributed by atoms with Gasteiger partial charge in [-0.05, 0) is 27.2 Å². The van der Waals surface area contributed by atoms with Gasteiger partial charge in [0.05, 0.1) is 0 Å². The standard InChI is InChI=1S/C10H14O/c1-7-4-8(2)6-10(5-7)9(3)11/h4-5,10H,6H2,1-3H3. The predicted octanol–water partition coefficient (Wildman–Crippen LogP) is 2.49. The summed E-state index contributed by atoms with van der Waals surface area (Å²) in [6.07, 6.45) is 5.10. The molecule has 1 unspecified atom stereocenters. The average Bonchev–Trinajstić information content (AvgIpc) is 1.85. The quantitative estimate of drug-likeness (QED) is 0.561. The highest BCUT2D eigenvalue weighted by molar-refractivity contribution is 5.81. The van der Waals surface area contributed by atoms with Crippen LogP contribution in [0.25, 0.3) is 0 Å². The summed E-state index contributed by atoms with van der Waals surface area (Å²) in [5.41, 5.74) is 2.53. The van der Waals surface area contributed by atoms with Crippen molar-refractivity contribution >= 4 is 5.78 Å². The van der Waals surface area contributed by atoms with Crippen LogP contribution in [0.5, 0.6) is 0 Å². The lowest BCUT2D eigenvalue weighted by Gasteiger charge is -2.15. The third-order valence-electron chi connectivity index (χ3n) is 2.00. The van der Waals surface area contributed by atoms with Crippen molar-refractivity contribution < 1.29 is 4.79 Å². The fourth-order valence-corrected chi connectivity index (χ4v) is 1.48. The van der Waals surface area contributed by atoms with Crippen LogP contribution in [-0.2, 0) is 4.79 Å². The van der Waals surface area contributed by atoms with E-state index < -0.39 is 0 Å². The Balaban J connectivity index is 2.79. The second kappa shape index (κ2) is 3.04. The molecule has 60 valence electrons. The van der Waals surface area contributed by atoms with Crippen LogP contribution < -0.4 is 0 Å². The van der Waals surface area contributed by atoms with Crippen molar-refractivity contribution in [2.24, 2.45) is 5.92 Å². The van der Waals surface area contributed by atoms with Gasteiger partial charge in [-0.15, -0.1) is 0 Å². The van der Waals surface area contributed by atoms with Crippen molar-refractivity contribution in [2.75, 3.05) is 0 Å². The molecule has 1 nitrogen and oxygen atoms in total. The van der Waals surface area contributed by atoms with Crippen LogP contribution >= 0.6 is 0 Å². The summed E-state index contributed by atoms with van der Waals surface area (Å²) in [7, 11) is 0. The first kappa shape index (κ1) is 8.25. The molecule has 0 aliphatic heterocycles. The highest BCUT2D eigenvalue weighted by Crippen LogP contribution is 2.22. The Bertz CT molecular complexity index is 233. The number of Topliss-reactive ketones (excluding diaryl/α,β-unsaturated/α-hetero) is 1. The van der Waals surface area contributed by atoms with Crippen molar-refractivity contribution in [3.8, 4) is 0 Å². The molecule has 11 heavy (non-hydrogen) atoms. The zero-order valence-electron chi connectivity index (χ0n) is 7.35. The zero-order valence-corrected chi connectivity index (χ0v) is 7.35. The lowest BCUT2D eigenvalue weighted by molar-refractivity contribution is -0.119. The summed E-state index contributed by atoms with van der Waals surface area (Å²) in [6, 6.07) is 0. The average molecular weight is 150 g/mol. The molecule has 0 aromatic carbocycles. The fraction of sp³-hybridized carbons (Fsp3) is 0.500. The Morgan fingerprint density at radius 3 is 2.64 bits per heavy atom. The summed E-state index contributed by atoms with van der Waals surface area (Å²) in [5, 5.41) is 0. The van der Waals surface area contributed by atoms with E-state index in [0.29, 0.717) is 0 Å². The van der Waals surface area contributed by atoms with Crippen LogP contribution in [0.1, 0.15) is 27.2 Å². The van der Waals surface area contributed by atoms with Gasteiger partial charge < -0.3 is 0 Å². The minimum atomic E-state index is 0.139. The van der Waals surface area contributed by atoms with E-state index >= 15 is 0 Å². The minimum Gasteiger partial charge on any atom is -0.299 e. The minimum absolute atomic E-state index is 0.139. The van der Waals surface area contributed by atoms with E-state index in [0.717, 1.165) is 6.42 Å². The normalized spacial score (nSPS) is 24.1. The molecule has 0 spiro atoms. The first-order valence-corrected chi connectivity index (χ1v) is 3.95. The molecular weight excluding hydrogens is 136 g/mol. The Labute approximate surface area is 67.8 Å². The van der Waals surface area contributed by atoms with E-state index in [4.69, 9.17) is 0 Å². The largest absolute Gasteiger partial charge is 0.299 e. The monoisotopic (exact) mass is 150 g/mol. The van der Waals surface area contributed by atoms with Crippen LogP contribution in [0.2, 0.25) is 0 Å². The Morgan fingerprint density at radius 1 is 1.55 bits per heavy atom. The SMILES string of the molecule is CC(=O)C1C=C(C)C=C(C)C1. The smallest absolute Gasteiger partial charge is 0.136 e. The highest BCUT2D eigenvalue weighted by atomic mass is 16.1. The van der Waals surface area contributed by atoms with Gasteiger partial charge in [-0.25, -0.2) is 0 Å². The molecule has 1 aliphatic rings. The molecule has 1 heteroatoms. The predicted molar refractivity (Wildman–Crippen MR) is 46.3 cm³/mol. The van der Waals surface area contributed by atoms with Gasteiger partial charge in [-0.1, -0.05) is 23.3 Å². The van der Waals surface area contributed by atoms with Gasteiger partial charge in [0.2, 0.25) is 0 Å². The zero-order chi connectivity index (χ0) is 8.43. The van der Waals surface area contributed by atoms with Gasteiger partial charge in [0, 0.05) is 5.92 Å². The van der Waals surface area contributed by atoms with Gasteiger partial charge >= 0.3 is 0 Å². The Morgan fingerprint density at radius 2 is 2.18 bits per heavy atom. The maximum absolute atomic E-state index is 11.0. The first-order valence-electron chi connectivity index (χ1n) is 3.95. The van der Waals surface area contributed by atoms with E-state index in [1.54, 1.807) is 6.92 Å². The third-order valence-corrected chi connectivity index (χ3v) is 2.00. The first-order chi connectivity index (χ1) is 5.09. The van der Waals surface area contributed by atoms with E-state index in [1.165, 1.54) is 11.1 Å². The molecule has 0 aromatic heterocycles. The van der Waals surface area contributed by atoms with E-state index in [2.05, 4.69) is 19.1 Å². The molecule has 0 fully saturated rings. The number of hydrogen-bond acceptors (Lipinski definition) is 1. The Hall–Kier alpha value is -0.850. The van der Waals surface area contributed by atoms with Crippen molar-refractivity contribution in [3.05, 3.63) is 23.3 Å². The molecule has 0 aromatic rings. The number of carbonyl (C=O) groups is 1. The van der Waals surface area contributed by atoms with Crippen molar-refractivity contribution in [3.63, 3.8) is 0 Å². The number of allylic oxidation sites excluding steroid dienone is 4. The van der Waals surface area contributed by atoms with E-state index in [-0.39, 0.29) is 11.7 Å². The summed E-state index contributed by atoms with van der Waals surface area (Å²) < 4.78 is 0. The maximum atomic E-state index is 11.0. The van der Waals surface area contributed by atoms with Crippen LogP contribution in [0.15, 0.2) is 23.3 Å². The molecule has 1 atom stereocenters. The van der Waals surface area contributed by atoms with Gasteiger partial charge in [0.1, 0.15) is 5.78 Å². The van der Waals surface area contributed by atoms with Crippen molar-refractivity contribution in [2.45, 2.75) is 27.2 Å². The van der Waals surface area contributed by atoms with Gasteiger partial charge in [-0.2, -0.15) is 0 Å². The lowest BCUT2D eigenvalue weighted by atomic mass is 9.89. The molecule has 0 heterocycles. The summed E-state index contributed by atoms with van der Waals surface area (Å²) >= 11 is 0. The molecule has 1 rings (SSSR count). The second-order valence-corrected chi connectivity index (χ2v) is 3.32. The second-order valence-electron chi connectivity index (χ2n) is 3.32. The lowest BCUT2D eigenvalue weighted by Crippen LogP contribution is -2.11. The fourth-order valence-electron chi connectivity index (χ4n) is 1.48. The molecule has 1 aliphatic carbocycles. The Kier molecular flexibility index (Phi) is 2.28. The summed E-state index contributed by atoms with van der Waals surface area (Å²) in [6.45, 7) is 5.78. The van der Waals surface area contributed by atoms with E-state index in [9.17, 15) is 4.79 Å². The topological polar surface area (TPSA) is 17.1 Å². The molecule has 0 bridgehead atoms. The number of carbonyl (C=O) groups excluding carboxylic acids is 1. The molecular formula is C10H14O. The molecule has 0 saturated heterocycles. The van der Waals surface area contributed by atoms with Crippen molar-refractivity contribution in [1.82, 2.24) is 0 Å². The van der Waals surface area contributed by atoms with Crippen LogP contribution in [0.3, 0.4) is 0 Å². The molecule has 0 saturated carbocycles. The van der Waals surface area contributed by atoms with E-state index in [1.807, 2.05) is 6.92 Å². The third kappa shape index (κ3) is 2.04. The van der Waals surface area contributed by atoms with Crippen LogP contribution in [0.4, 0.5) is 0 Å². The number of ketones is 1. The van der Waals surface area contributed by atoms with Gasteiger partial charge in [0.15, 0.2) is 0 Å². The van der Waals surface area contributed by atoms with Gasteiger partial charge in [0.25, 0.3) is 0 Å². The van der Waals surface area contributed by atoms with Gasteiger partial charge in [-0.3, -0.25) is 4.79 Å². The molecule has 0 radical (unpaired) electrons. The maximum Gasteiger partial charge on any atom is 0.136 e. The molecule has 0 N–H and O–H groups in total. The summed E-state index contributed by atoms with van der Waals surface area (Å²) in [4.78, 5) is 11.0. The highest BCUT2D eigenvalue weighted by Gasteiger charge is 2.14. The molecule has 0 amide bonds. The number of rotatable bonds is 1. The number of hydrogen-bond donors (Lipinski definition) is 0. The van der Waals surface area contributed by atoms with Crippen molar-refractivity contribution in [1.29, 1.82) is 0 Å². The summed E-state index contributed by atoms with van der Waals surface area (Å²) in [5.74, 6) is 0.414. The van der Waals surface area contributed by atoms with Crippen LogP contribution in [-0.4, -0.2) is 5.78 Å².